The Kier molecular flexibility index (Phi) is 11.6. The first-order valence-corrected chi connectivity index (χ1v) is 18.3. The van der Waals surface area contributed by atoms with Gasteiger partial charge in [0.15, 0.2) is 23.2 Å². The van der Waals surface area contributed by atoms with Gasteiger partial charge in [-0.2, -0.15) is 5.10 Å². The number of nitrogens with one attached hydrogen (secondary N) is 1. The summed E-state index contributed by atoms with van der Waals surface area (Å²) in [4.78, 5) is 20.2. The average Bonchev–Trinajstić information content (AvgIpc) is 3.72. The zero-order chi connectivity index (χ0) is 36.2. The Labute approximate surface area is 305 Å². The number of carbonyl (C=O) groups excluding carboxylic acids is 1. The summed E-state index contributed by atoms with van der Waals surface area (Å²) in [5.74, 6) is 0.412. The Morgan fingerprint density at radius 2 is 1.90 bits per heavy atom. The molecule has 2 heterocycles. The van der Waals surface area contributed by atoms with E-state index in [1.165, 1.54) is 31.4 Å². The first kappa shape index (κ1) is 37.3. The maximum absolute atomic E-state index is 15.6. The number of ether oxygens (including phenoxy) is 2. The summed E-state index contributed by atoms with van der Waals surface area (Å²) in [6.07, 6.45) is 4.83. The fraction of sp³-hybridized carbons (Fsp3) is 0.359. The Hall–Kier alpha value is -3.96. The molecule has 0 spiro atoms. The van der Waals surface area contributed by atoms with Gasteiger partial charge < -0.3 is 14.5 Å². The van der Waals surface area contributed by atoms with Crippen LogP contribution >= 0.6 is 27.7 Å². The lowest BCUT2D eigenvalue weighted by Gasteiger charge is -2.30. The van der Waals surface area contributed by atoms with Gasteiger partial charge in [-0.15, -0.1) is 11.8 Å². The smallest absolute Gasteiger partial charge is 0.308 e. The van der Waals surface area contributed by atoms with Crippen molar-refractivity contribution >= 4 is 44.6 Å². The van der Waals surface area contributed by atoms with Crippen molar-refractivity contribution in [3.8, 4) is 22.9 Å². The van der Waals surface area contributed by atoms with Gasteiger partial charge in [0.1, 0.15) is 11.6 Å². The highest BCUT2D eigenvalue weighted by Gasteiger charge is 2.35. The van der Waals surface area contributed by atoms with E-state index in [1.54, 1.807) is 29.7 Å². The van der Waals surface area contributed by atoms with Crippen molar-refractivity contribution in [2.24, 2.45) is 18.4 Å². The van der Waals surface area contributed by atoms with Gasteiger partial charge in [0.25, 0.3) is 0 Å². The number of aromatic amines is 1. The maximum atomic E-state index is 15.6. The van der Waals surface area contributed by atoms with Crippen LogP contribution in [0.4, 0.5) is 8.78 Å². The normalized spacial score (nSPS) is 13.6. The number of thioether (sulfide) groups is 1. The zero-order valence-corrected chi connectivity index (χ0v) is 31.7. The molecule has 11 heteroatoms. The molecular weight excluding hydrogens is 722 g/mol. The highest BCUT2D eigenvalue weighted by atomic mass is 79.9. The lowest BCUT2D eigenvalue weighted by atomic mass is 9.75. The van der Waals surface area contributed by atoms with E-state index in [9.17, 15) is 4.79 Å². The van der Waals surface area contributed by atoms with Gasteiger partial charge in [0.2, 0.25) is 0 Å². The highest BCUT2D eigenvalue weighted by molar-refractivity contribution is 9.10. The molecule has 0 saturated heterocycles. The summed E-state index contributed by atoms with van der Waals surface area (Å²) in [6.45, 7) is 12.3. The van der Waals surface area contributed by atoms with Crippen molar-refractivity contribution in [3.63, 3.8) is 0 Å². The molecule has 2 aromatic heterocycles. The predicted octanol–water partition coefficient (Wildman–Crippen LogP) is 10.5. The molecule has 2 atom stereocenters. The van der Waals surface area contributed by atoms with E-state index in [0.29, 0.717) is 28.1 Å². The highest BCUT2D eigenvalue weighted by Crippen LogP contribution is 2.41. The van der Waals surface area contributed by atoms with E-state index in [1.807, 2.05) is 30.5 Å². The third-order valence-corrected chi connectivity index (χ3v) is 11.2. The molecule has 0 bridgehead atoms. The molecule has 0 saturated carbocycles. The largest absolute Gasteiger partial charge is 0.469 e. The van der Waals surface area contributed by atoms with Crippen LogP contribution < -0.4 is 4.74 Å². The lowest BCUT2D eigenvalue weighted by Crippen LogP contribution is -2.27. The van der Waals surface area contributed by atoms with Gasteiger partial charge in [0.05, 0.1) is 28.5 Å². The molecule has 0 radical (unpaired) electrons. The SMILES string of the molecule is C=CSCC(C)(C)CCCC(C)(c1cccc(CC(C)C(=O)OC)c1)c1nc(-c2cc(Oc3c(F)cc4[nH]ccc4c3Br)ccc2F)n(C)n1. The Balaban J connectivity index is 1.51. The summed E-state index contributed by atoms with van der Waals surface area (Å²) in [5, 5.41) is 7.51. The van der Waals surface area contributed by atoms with Crippen molar-refractivity contribution in [1.82, 2.24) is 19.7 Å². The Morgan fingerprint density at radius 3 is 2.64 bits per heavy atom. The molecule has 50 heavy (non-hydrogen) atoms. The molecule has 264 valence electrons. The van der Waals surface area contributed by atoms with Gasteiger partial charge in [-0.25, -0.2) is 18.4 Å². The number of hydrogen-bond acceptors (Lipinski definition) is 6. The minimum Gasteiger partial charge on any atom is -0.469 e. The number of aromatic nitrogens is 4. The molecule has 3 aromatic carbocycles. The lowest BCUT2D eigenvalue weighted by molar-refractivity contribution is -0.144. The fourth-order valence-corrected chi connectivity index (χ4v) is 7.59. The van der Waals surface area contributed by atoms with Crippen molar-refractivity contribution in [2.75, 3.05) is 12.9 Å². The summed E-state index contributed by atoms with van der Waals surface area (Å²) in [5.41, 5.74) is 2.24. The minimum atomic E-state index is -0.646. The topological polar surface area (TPSA) is 82.0 Å². The molecule has 0 amide bonds. The van der Waals surface area contributed by atoms with Crippen LogP contribution in [-0.4, -0.2) is 38.6 Å². The standard InChI is InChI=1S/C39H43BrF2N4O3S/c1-8-50-23-38(3,4)16-10-17-39(5,26-12-9-11-25(20-26)19-24(2)36(47)48-7)37-44-35(46(6)45-37)29-21-27(13-14-30(29)41)49-34-31(42)22-32-28(33(34)40)15-18-43-32/h8-9,11-15,18,20-22,24,43H,1,10,16-17,19,23H2,2-7H3. The summed E-state index contributed by atoms with van der Waals surface area (Å²) < 4.78 is 43.6. The van der Waals surface area contributed by atoms with Crippen LogP contribution in [0.15, 0.2) is 77.3 Å². The van der Waals surface area contributed by atoms with Crippen LogP contribution in [0.1, 0.15) is 63.9 Å². The fourth-order valence-electron chi connectivity index (χ4n) is 6.26. The number of halogens is 3. The molecule has 0 aliphatic heterocycles. The van der Waals surface area contributed by atoms with Gasteiger partial charge in [-0.3, -0.25) is 4.79 Å². The maximum Gasteiger partial charge on any atom is 0.308 e. The van der Waals surface area contributed by atoms with Gasteiger partial charge in [-0.05, 0) is 88.3 Å². The summed E-state index contributed by atoms with van der Waals surface area (Å²) in [7, 11) is 3.13. The molecule has 2 unspecified atom stereocenters. The number of methoxy groups -OCH3 is 1. The van der Waals surface area contributed by atoms with E-state index in [2.05, 4.69) is 60.4 Å². The predicted molar refractivity (Wildman–Crippen MR) is 200 cm³/mol. The first-order chi connectivity index (χ1) is 23.8. The number of rotatable bonds is 15. The number of benzene rings is 3. The van der Waals surface area contributed by atoms with Crippen LogP contribution in [-0.2, 0) is 28.4 Å². The number of hydrogen-bond donors (Lipinski definition) is 1. The molecule has 5 aromatic rings. The second-order valence-electron chi connectivity index (χ2n) is 13.7. The summed E-state index contributed by atoms with van der Waals surface area (Å²) >= 11 is 5.18. The van der Waals surface area contributed by atoms with Crippen LogP contribution in [0, 0.1) is 23.0 Å². The molecular formula is C39H43BrF2N4O3S. The van der Waals surface area contributed by atoms with Crippen molar-refractivity contribution < 1.29 is 23.0 Å². The van der Waals surface area contributed by atoms with Crippen molar-refractivity contribution in [3.05, 3.63) is 106 Å². The van der Waals surface area contributed by atoms with Crippen LogP contribution in [0.5, 0.6) is 11.5 Å². The molecule has 5 rings (SSSR count). The van der Waals surface area contributed by atoms with E-state index in [4.69, 9.17) is 19.6 Å². The second-order valence-corrected chi connectivity index (χ2v) is 15.5. The first-order valence-electron chi connectivity index (χ1n) is 16.5. The van der Waals surface area contributed by atoms with E-state index < -0.39 is 17.0 Å². The third kappa shape index (κ3) is 8.15. The number of H-pyrrole nitrogens is 1. The van der Waals surface area contributed by atoms with Gasteiger partial charge in [-0.1, -0.05) is 58.0 Å². The minimum absolute atomic E-state index is 0.00305. The second kappa shape index (κ2) is 15.5. The molecule has 0 aliphatic rings. The van der Waals surface area contributed by atoms with E-state index in [-0.39, 0.29) is 34.4 Å². The third-order valence-electron chi connectivity index (χ3n) is 9.19. The Morgan fingerprint density at radius 1 is 1.12 bits per heavy atom. The van der Waals surface area contributed by atoms with Crippen molar-refractivity contribution in [1.29, 1.82) is 0 Å². The number of nitrogens with zero attached hydrogens (tertiary/aromatic N) is 3. The Bertz CT molecular complexity index is 2010. The zero-order valence-electron chi connectivity index (χ0n) is 29.3. The van der Waals surface area contributed by atoms with E-state index >= 15 is 8.78 Å². The van der Waals surface area contributed by atoms with Crippen LogP contribution in [0.3, 0.4) is 0 Å². The molecule has 7 nitrogen and oxygen atoms in total. The van der Waals surface area contributed by atoms with Gasteiger partial charge in [0, 0.05) is 36.0 Å². The van der Waals surface area contributed by atoms with E-state index in [0.717, 1.165) is 41.5 Å². The number of fused-ring (bicyclic) bond motifs is 1. The summed E-state index contributed by atoms with van der Waals surface area (Å²) in [6, 6.07) is 15.6. The molecule has 0 fully saturated rings. The van der Waals surface area contributed by atoms with Crippen LogP contribution in [0.2, 0.25) is 0 Å². The van der Waals surface area contributed by atoms with Crippen LogP contribution in [0.25, 0.3) is 22.3 Å². The number of esters is 1. The number of carbonyl (C=O) groups is 1. The number of aryl methyl sites for hydroxylation is 1. The quantitative estimate of drug-likeness (QED) is 0.107. The molecule has 1 N–H and O–H groups in total. The molecule has 0 aliphatic carbocycles. The average molecular weight is 766 g/mol. The van der Waals surface area contributed by atoms with Gasteiger partial charge >= 0.3 is 5.97 Å². The van der Waals surface area contributed by atoms with Crippen molar-refractivity contribution in [2.45, 2.75) is 58.8 Å². The monoisotopic (exact) mass is 764 g/mol.